The van der Waals surface area contributed by atoms with Gasteiger partial charge in [-0.15, -0.1) is 11.3 Å². The van der Waals surface area contributed by atoms with Crippen LogP contribution in [0.2, 0.25) is 0 Å². The number of carbonyl (C=O) groups is 3. The number of hydrogen-bond acceptors (Lipinski definition) is 8. The van der Waals surface area contributed by atoms with E-state index in [0.717, 1.165) is 42.7 Å². The first-order chi connectivity index (χ1) is 16.9. The Bertz CT molecular complexity index is 1280. The molecule has 35 heavy (non-hydrogen) atoms. The quantitative estimate of drug-likeness (QED) is 0.230. The number of fused-ring (bicyclic) bond motifs is 2. The number of nitrogens with two attached hydrogens (primary N) is 1. The summed E-state index contributed by atoms with van der Waals surface area (Å²) in [6.45, 7) is 0. The van der Waals surface area contributed by atoms with Crippen LogP contribution in [0.25, 0.3) is 5.70 Å². The molecule has 0 aromatic carbocycles. The molecule has 182 valence electrons. The summed E-state index contributed by atoms with van der Waals surface area (Å²) in [5.41, 5.74) is 8.68. The Kier molecular flexibility index (Phi) is 5.97. The summed E-state index contributed by atoms with van der Waals surface area (Å²) < 4.78 is 1.95. The van der Waals surface area contributed by atoms with Gasteiger partial charge in [-0.05, 0) is 31.7 Å². The first kappa shape index (κ1) is 23.0. The van der Waals surface area contributed by atoms with Crippen LogP contribution < -0.4 is 15.6 Å². The molecule has 0 spiro atoms. The lowest BCUT2D eigenvalue weighted by Gasteiger charge is -2.48. The van der Waals surface area contributed by atoms with Gasteiger partial charge >= 0.3 is 5.97 Å². The standard InChI is InChI=1S/C23H24N6O5S/c1-34-27-17(13-11-35-23(24)25-13)20(30)26-18-15-8-9-16(19(22(32)33)29(15)21(18)31)28-10-4-6-12-5-2-3-7-14(12)28/h4,6,10-11,15,18H,2-3,5,7-9H2,1H3,(H3-,24,25,26,30,32,33)/p+1/b27-17+/t15-,18+/m1/s1. The Morgan fingerprint density at radius 2 is 2.14 bits per heavy atom. The van der Waals surface area contributed by atoms with Gasteiger partial charge in [0.25, 0.3) is 11.8 Å². The fraction of sp³-hybridized carbons (Fsp3) is 0.391. The second-order valence-electron chi connectivity index (χ2n) is 8.62. The van der Waals surface area contributed by atoms with E-state index in [9.17, 15) is 19.5 Å². The molecule has 2 atom stereocenters. The molecule has 2 aliphatic heterocycles. The minimum absolute atomic E-state index is 0.0289. The molecular formula is C23H25N6O5S+. The molecule has 1 fully saturated rings. The summed E-state index contributed by atoms with van der Waals surface area (Å²) >= 11 is 1.15. The fourth-order valence-electron chi connectivity index (χ4n) is 5.13. The molecule has 3 aliphatic rings. The maximum atomic E-state index is 13.1. The van der Waals surface area contributed by atoms with Crippen LogP contribution in [0.4, 0.5) is 5.13 Å². The molecule has 1 aliphatic carbocycles. The van der Waals surface area contributed by atoms with Gasteiger partial charge in [-0.1, -0.05) is 5.16 Å². The van der Waals surface area contributed by atoms with E-state index in [-0.39, 0.29) is 22.2 Å². The number of β-lactam (4-membered cyclic amide) rings is 1. The van der Waals surface area contributed by atoms with E-state index < -0.39 is 29.9 Å². The van der Waals surface area contributed by atoms with Crippen LogP contribution in [0.15, 0.2) is 34.6 Å². The van der Waals surface area contributed by atoms with Gasteiger partial charge in [0.15, 0.2) is 28.4 Å². The molecule has 11 nitrogen and oxygen atoms in total. The van der Waals surface area contributed by atoms with Crippen molar-refractivity contribution in [3.8, 4) is 0 Å². The predicted molar refractivity (Wildman–Crippen MR) is 126 cm³/mol. The van der Waals surface area contributed by atoms with Crippen molar-refractivity contribution in [3.63, 3.8) is 0 Å². The van der Waals surface area contributed by atoms with E-state index in [1.807, 2.05) is 16.8 Å². The zero-order valence-electron chi connectivity index (χ0n) is 19.1. The second-order valence-corrected chi connectivity index (χ2v) is 9.51. The minimum atomic E-state index is -1.16. The van der Waals surface area contributed by atoms with Gasteiger partial charge in [0.2, 0.25) is 5.70 Å². The Hall–Kier alpha value is -3.80. The summed E-state index contributed by atoms with van der Waals surface area (Å²) in [7, 11) is 1.30. The van der Waals surface area contributed by atoms with Gasteiger partial charge in [0.05, 0.1) is 6.04 Å². The van der Waals surface area contributed by atoms with E-state index in [1.54, 1.807) is 5.38 Å². The van der Waals surface area contributed by atoms with Crippen LogP contribution in [-0.4, -0.2) is 57.7 Å². The number of nitrogens with zero attached hydrogens (tertiary/aromatic N) is 4. The first-order valence-electron chi connectivity index (χ1n) is 11.4. The number of aromatic nitrogens is 2. The molecular weight excluding hydrogens is 472 g/mol. The number of aryl methyl sites for hydroxylation is 1. The predicted octanol–water partition coefficient (Wildman–Crippen LogP) is 0.685. The lowest BCUT2D eigenvalue weighted by atomic mass is 9.84. The van der Waals surface area contributed by atoms with Crippen LogP contribution in [-0.2, 0) is 32.1 Å². The first-order valence-corrected chi connectivity index (χ1v) is 12.2. The van der Waals surface area contributed by atoms with Crippen molar-refractivity contribution in [1.29, 1.82) is 0 Å². The molecule has 0 bridgehead atoms. The number of hydrogen-bond donors (Lipinski definition) is 3. The second kappa shape index (κ2) is 9.10. The number of aliphatic carboxylic acids is 1. The number of allylic oxidation sites excluding steroid dienone is 1. The summed E-state index contributed by atoms with van der Waals surface area (Å²) in [6.07, 6.45) is 6.83. The topological polar surface area (TPSA) is 151 Å². The number of carbonyl (C=O) groups excluding carboxylic acids is 2. The van der Waals surface area contributed by atoms with Crippen molar-refractivity contribution in [2.45, 2.75) is 50.6 Å². The van der Waals surface area contributed by atoms with Crippen LogP contribution >= 0.6 is 11.3 Å². The number of nitrogens with one attached hydrogen (secondary N) is 1. The summed E-state index contributed by atoms with van der Waals surface area (Å²) in [6, 6.07) is 2.66. The van der Waals surface area contributed by atoms with Gasteiger partial charge in [-0.2, -0.15) is 4.57 Å². The molecule has 5 rings (SSSR count). The molecule has 2 aromatic rings. The number of rotatable bonds is 6. The molecule has 4 N–H and O–H groups in total. The van der Waals surface area contributed by atoms with Gasteiger partial charge in [-0.25, -0.2) is 9.78 Å². The van der Waals surface area contributed by atoms with Crippen molar-refractivity contribution in [2.24, 2.45) is 5.16 Å². The van der Waals surface area contributed by atoms with E-state index in [2.05, 4.69) is 21.5 Å². The molecule has 12 heteroatoms. The highest BCUT2D eigenvalue weighted by Crippen LogP contribution is 2.37. The molecule has 4 heterocycles. The highest BCUT2D eigenvalue weighted by atomic mass is 32.1. The van der Waals surface area contributed by atoms with Crippen LogP contribution in [0.3, 0.4) is 0 Å². The van der Waals surface area contributed by atoms with E-state index in [0.29, 0.717) is 18.5 Å². The van der Waals surface area contributed by atoms with E-state index in [1.165, 1.54) is 17.6 Å². The number of nitrogen functional groups attached to an aromatic ring is 1. The van der Waals surface area contributed by atoms with Crippen LogP contribution in [0.5, 0.6) is 0 Å². The lowest BCUT2D eigenvalue weighted by molar-refractivity contribution is -0.594. The van der Waals surface area contributed by atoms with Crippen molar-refractivity contribution in [3.05, 3.63) is 46.4 Å². The zero-order valence-corrected chi connectivity index (χ0v) is 19.9. The number of amides is 2. The maximum Gasteiger partial charge on any atom is 0.359 e. The number of carboxylic acid groups (broad SMARTS) is 1. The molecule has 0 unspecified atom stereocenters. The van der Waals surface area contributed by atoms with Crippen molar-refractivity contribution >= 4 is 45.7 Å². The highest BCUT2D eigenvalue weighted by molar-refractivity contribution is 7.13. The normalized spacial score (nSPS) is 21.7. The monoisotopic (exact) mass is 497 g/mol. The average molecular weight is 498 g/mol. The summed E-state index contributed by atoms with van der Waals surface area (Å²) in [5.74, 6) is -2.28. The minimum Gasteiger partial charge on any atom is -0.476 e. The summed E-state index contributed by atoms with van der Waals surface area (Å²) in [4.78, 5) is 48.5. The lowest BCUT2D eigenvalue weighted by Crippen LogP contribution is -2.72. The fourth-order valence-corrected chi connectivity index (χ4v) is 5.68. The Morgan fingerprint density at radius 3 is 2.86 bits per heavy atom. The Balaban J connectivity index is 1.42. The molecule has 2 amide bonds. The third-order valence-electron chi connectivity index (χ3n) is 6.66. The smallest absolute Gasteiger partial charge is 0.359 e. The van der Waals surface area contributed by atoms with E-state index >= 15 is 0 Å². The van der Waals surface area contributed by atoms with Gasteiger partial charge in [0.1, 0.15) is 18.8 Å². The maximum absolute atomic E-state index is 13.1. The van der Waals surface area contributed by atoms with Crippen molar-refractivity contribution in [1.82, 2.24) is 15.2 Å². The van der Waals surface area contributed by atoms with Gasteiger partial charge in [0, 0.05) is 29.9 Å². The van der Waals surface area contributed by atoms with Gasteiger partial charge in [-0.3, -0.25) is 14.5 Å². The van der Waals surface area contributed by atoms with Gasteiger partial charge < -0.3 is 21.0 Å². The molecule has 0 radical (unpaired) electrons. The molecule has 0 saturated carbocycles. The van der Waals surface area contributed by atoms with Crippen LogP contribution in [0.1, 0.15) is 42.6 Å². The summed E-state index contributed by atoms with van der Waals surface area (Å²) in [5, 5.41) is 18.3. The SMILES string of the molecule is CO/N=C(/C(=O)N[C@@H]1C(=O)N2C(C(=O)O)=C([n+]3cccc4c3CCCC4)CC[C@H]12)c1csc(N)n1. The average Bonchev–Trinajstić information content (AvgIpc) is 3.29. The molecule has 1 saturated heterocycles. The van der Waals surface area contributed by atoms with E-state index in [4.69, 9.17) is 10.6 Å². The number of thiazole rings is 1. The van der Waals surface area contributed by atoms with Crippen LogP contribution in [0, 0.1) is 0 Å². The third-order valence-corrected chi connectivity index (χ3v) is 7.33. The Morgan fingerprint density at radius 1 is 1.34 bits per heavy atom. The molecule has 2 aromatic heterocycles. The van der Waals surface area contributed by atoms with Crippen molar-refractivity contribution < 1.29 is 28.9 Å². The van der Waals surface area contributed by atoms with Crippen molar-refractivity contribution in [2.75, 3.05) is 12.8 Å². The Labute approximate surface area is 204 Å². The largest absolute Gasteiger partial charge is 0.476 e. The number of oxime groups is 1. The number of carboxylic acids is 1. The number of anilines is 1. The third kappa shape index (κ3) is 3.93. The zero-order chi connectivity index (χ0) is 24.7. The number of pyridine rings is 1. The highest BCUT2D eigenvalue weighted by Gasteiger charge is 2.55.